The molecule has 0 fully saturated rings. The van der Waals surface area contributed by atoms with Gasteiger partial charge in [0.1, 0.15) is 5.75 Å². The average Bonchev–Trinajstić information content (AvgIpc) is 2.78. The molecule has 5 aromatic rings. The quantitative estimate of drug-likeness (QED) is 0.347. The summed E-state index contributed by atoms with van der Waals surface area (Å²) in [6, 6.07) is 28.8. The Morgan fingerprint density at radius 1 is 0.690 bits per heavy atom. The molecule has 2 heteroatoms. The first-order valence-electron chi connectivity index (χ1n) is 9.94. The molecule has 2 N–H and O–H groups in total. The molecule has 0 saturated carbocycles. The first-order chi connectivity index (χ1) is 14.2. The number of rotatable bonds is 3. The van der Waals surface area contributed by atoms with E-state index in [1.54, 1.807) is 0 Å². The van der Waals surface area contributed by atoms with Gasteiger partial charge in [-0.2, -0.15) is 0 Å². The van der Waals surface area contributed by atoms with Gasteiger partial charge >= 0.3 is 0 Å². The molecule has 142 valence electrons. The summed E-state index contributed by atoms with van der Waals surface area (Å²) in [4.78, 5) is 0. The van der Waals surface area contributed by atoms with Gasteiger partial charge in [0.15, 0.2) is 0 Å². The molecule has 0 radical (unpaired) electrons. The lowest BCUT2D eigenvalue weighted by Crippen LogP contribution is -2.00. The lowest BCUT2D eigenvalue weighted by Gasteiger charge is -2.16. The molecular weight excluding hydrogens is 356 g/mol. The van der Waals surface area contributed by atoms with E-state index in [1.807, 2.05) is 36.4 Å². The SMILES string of the molecule is CC(CO)c1cc2ccc(-c3ccc4ccccc4c3O)cc2c2ccccc12. The summed E-state index contributed by atoms with van der Waals surface area (Å²) in [6.07, 6.45) is 0. The largest absolute Gasteiger partial charge is 0.507 e. The molecule has 29 heavy (non-hydrogen) atoms. The number of aliphatic hydroxyl groups excluding tert-OH is 1. The summed E-state index contributed by atoms with van der Waals surface area (Å²) >= 11 is 0. The van der Waals surface area contributed by atoms with Crippen molar-refractivity contribution in [1.82, 2.24) is 0 Å². The number of phenolic OH excluding ortho intramolecular Hbond substituents is 1. The zero-order chi connectivity index (χ0) is 20.0. The zero-order valence-corrected chi connectivity index (χ0v) is 16.3. The average molecular weight is 378 g/mol. The third-order valence-electron chi connectivity index (χ3n) is 5.91. The molecule has 2 nitrogen and oxygen atoms in total. The lowest BCUT2D eigenvalue weighted by atomic mass is 9.89. The summed E-state index contributed by atoms with van der Waals surface area (Å²) in [6.45, 7) is 2.17. The fourth-order valence-corrected chi connectivity index (χ4v) is 4.29. The summed E-state index contributed by atoms with van der Waals surface area (Å²) in [5.41, 5.74) is 2.99. The molecule has 0 bridgehead atoms. The third-order valence-corrected chi connectivity index (χ3v) is 5.91. The number of hydrogen-bond donors (Lipinski definition) is 2. The van der Waals surface area contributed by atoms with Gasteiger partial charge in [-0.05, 0) is 44.1 Å². The van der Waals surface area contributed by atoms with Crippen molar-refractivity contribution in [3.05, 3.63) is 90.5 Å². The highest BCUT2D eigenvalue weighted by Crippen LogP contribution is 2.39. The molecular formula is C27H22O2. The van der Waals surface area contributed by atoms with Crippen molar-refractivity contribution >= 4 is 32.3 Å². The van der Waals surface area contributed by atoms with Crippen molar-refractivity contribution in [3.8, 4) is 16.9 Å². The Morgan fingerprint density at radius 2 is 1.38 bits per heavy atom. The fourth-order valence-electron chi connectivity index (χ4n) is 4.29. The molecule has 1 atom stereocenters. The third kappa shape index (κ3) is 2.84. The highest BCUT2D eigenvalue weighted by molar-refractivity contribution is 6.10. The smallest absolute Gasteiger partial charge is 0.131 e. The van der Waals surface area contributed by atoms with Gasteiger partial charge in [0.05, 0.1) is 0 Å². The maximum absolute atomic E-state index is 10.9. The molecule has 5 rings (SSSR count). The molecule has 0 aliphatic rings. The monoisotopic (exact) mass is 378 g/mol. The van der Waals surface area contributed by atoms with Gasteiger partial charge < -0.3 is 10.2 Å². The maximum Gasteiger partial charge on any atom is 0.131 e. The molecule has 0 aliphatic carbocycles. The van der Waals surface area contributed by atoms with Gasteiger partial charge in [0, 0.05) is 23.5 Å². The van der Waals surface area contributed by atoms with Gasteiger partial charge in [-0.25, -0.2) is 0 Å². The minimum Gasteiger partial charge on any atom is -0.507 e. The topological polar surface area (TPSA) is 40.5 Å². The van der Waals surface area contributed by atoms with Crippen LogP contribution in [0.3, 0.4) is 0 Å². The number of aliphatic hydroxyl groups is 1. The van der Waals surface area contributed by atoms with E-state index in [9.17, 15) is 10.2 Å². The van der Waals surface area contributed by atoms with Crippen LogP contribution in [0.5, 0.6) is 5.75 Å². The van der Waals surface area contributed by atoms with E-state index in [-0.39, 0.29) is 12.5 Å². The van der Waals surface area contributed by atoms with E-state index < -0.39 is 0 Å². The molecule has 0 aliphatic heterocycles. The normalized spacial score (nSPS) is 12.6. The van der Waals surface area contributed by atoms with Gasteiger partial charge in [-0.1, -0.05) is 85.8 Å². The Bertz CT molecular complexity index is 1370. The van der Waals surface area contributed by atoms with Crippen LogP contribution in [-0.4, -0.2) is 16.8 Å². The Kier molecular flexibility index (Phi) is 4.22. The standard InChI is InChI=1S/C27H22O2/c1-17(16-28)25-14-20-11-10-19(15-26(20)24-9-5-4-8-23(24)25)22-13-12-18-6-2-3-7-21(18)27(22)29/h2-15,17,28-29H,16H2,1H3. The van der Waals surface area contributed by atoms with Gasteiger partial charge in [0.2, 0.25) is 0 Å². The molecule has 0 aromatic heterocycles. The fraction of sp³-hybridized carbons (Fsp3) is 0.111. The second-order valence-electron chi connectivity index (χ2n) is 7.71. The Labute approximate surface area is 169 Å². The van der Waals surface area contributed by atoms with Crippen LogP contribution in [0, 0.1) is 0 Å². The molecule has 5 aromatic carbocycles. The van der Waals surface area contributed by atoms with E-state index in [0.717, 1.165) is 38.2 Å². The molecule has 1 unspecified atom stereocenters. The van der Waals surface area contributed by atoms with Gasteiger partial charge in [-0.15, -0.1) is 0 Å². The minimum absolute atomic E-state index is 0.0773. The van der Waals surface area contributed by atoms with Crippen molar-refractivity contribution in [1.29, 1.82) is 0 Å². The summed E-state index contributed by atoms with van der Waals surface area (Å²) in [7, 11) is 0. The molecule has 0 heterocycles. The highest BCUT2D eigenvalue weighted by Gasteiger charge is 2.14. The number of benzene rings is 5. The number of hydrogen-bond acceptors (Lipinski definition) is 2. The molecule has 0 saturated heterocycles. The van der Waals surface area contributed by atoms with Crippen molar-refractivity contribution in [2.75, 3.05) is 6.61 Å². The number of fused-ring (bicyclic) bond motifs is 4. The van der Waals surface area contributed by atoms with Crippen molar-refractivity contribution in [2.45, 2.75) is 12.8 Å². The van der Waals surface area contributed by atoms with Gasteiger partial charge in [0.25, 0.3) is 0 Å². The van der Waals surface area contributed by atoms with E-state index in [2.05, 4.69) is 55.5 Å². The molecule has 0 spiro atoms. The van der Waals surface area contributed by atoms with Crippen LogP contribution in [0.1, 0.15) is 18.4 Å². The Morgan fingerprint density at radius 3 is 2.17 bits per heavy atom. The van der Waals surface area contributed by atoms with Crippen LogP contribution >= 0.6 is 0 Å². The van der Waals surface area contributed by atoms with Crippen molar-refractivity contribution in [2.24, 2.45) is 0 Å². The maximum atomic E-state index is 10.9. The second-order valence-corrected chi connectivity index (χ2v) is 7.71. The summed E-state index contributed by atoms with van der Waals surface area (Å²) in [5, 5.41) is 27.1. The van der Waals surface area contributed by atoms with E-state index in [1.165, 1.54) is 10.8 Å². The highest BCUT2D eigenvalue weighted by atomic mass is 16.3. The lowest BCUT2D eigenvalue weighted by molar-refractivity contribution is 0.274. The second kappa shape index (κ2) is 6.91. The van der Waals surface area contributed by atoms with Crippen LogP contribution in [0.25, 0.3) is 43.4 Å². The summed E-state index contributed by atoms with van der Waals surface area (Å²) in [5.74, 6) is 0.394. The predicted octanol–water partition coefficient (Wildman–Crippen LogP) is 6.61. The Hall–Kier alpha value is -3.36. The van der Waals surface area contributed by atoms with E-state index >= 15 is 0 Å². The number of aromatic hydroxyl groups is 1. The van der Waals surface area contributed by atoms with Crippen molar-refractivity contribution < 1.29 is 10.2 Å². The van der Waals surface area contributed by atoms with E-state index in [0.29, 0.717) is 5.75 Å². The van der Waals surface area contributed by atoms with Crippen LogP contribution in [-0.2, 0) is 0 Å². The minimum atomic E-state index is 0.0773. The first-order valence-corrected chi connectivity index (χ1v) is 9.94. The van der Waals surface area contributed by atoms with Crippen LogP contribution in [0.4, 0.5) is 0 Å². The first kappa shape index (κ1) is 17.7. The van der Waals surface area contributed by atoms with Crippen LogP contribution in [0.15, 0.2) is 84.9 Å². The van der Waals surface area contributed by atoms with Crippen molar-refractivity contribution in [3.63, 3.8) is 0 Å². The van der Waals surface area contributed by atoms with Crippen LogP contribution in [0.2, 0.25) is 0 Å². The molecule has 0 amide bonds. The van der Waals surface area contributed by atoms with Crippen LogP contribution < -0.4 is 0 Å². The Balaban J connectivity index is 1.78. The predicted molar refractivity (Wildman–Crippen MR) is 122 cm³/mol. The number of phenols is 1. The van der Waals surface area contributed by atoms with Gasteiger partial charge in [-0.3, -0.25) is 0 Å². The zero-order valence-electron chi connectivity index (χ0n) is 16.3. The van der Waals surface area contributed by atoms with E-state index in [4.69, 9.17) is 0 Å². The summed E-state index contributed by atoms with van der Waals surface area (Å²) < 4.78 is 0.